The minimum atomic E-state index is -0.551. The highest BCUT2D eigenvalue weighted by Crippen LogP contribution is 2.36. The minimum Gasteiger partial charge on any atom is -0.417 e. The fourth-order valence-corrected chi connectivity index (χ4v) is 2.61. The number of ether oxygens (including phenoxy) is 1. The van der Waals surface area contributed by atoms with Crippen molar-refractivity contribution in [1.82, 2.24) is 0 Å². The molecule has 0 aliphatic heterocycles. The number of nitro groups is 1. The van der Waals surface area contributed by atoms with Crippen molar-refractivity contribution in [3.05, 3.63) is 28.3 Å². The molecule has 1 aromatic carbocycles. The van der Waals surface area contributed by atoms with Gasteiger partial charge >= 0.3 is 11.7 Å². The first kappa shape index (κ1) is 16.2. The zero-order valence-corrected chi connectivity index (χ0v) is 12.6. The first-order valence-electron chi connectivity index (χ1n) is 7.53. The molecule has 0 radical (unpaired) electrons. The van der Waals surface area contributed by atoms with Crippen LogP contribution in [0.4, 0.5) is 11.4 Å². The van der Waals surface area contributed by atoms with E-state index in [9.17, 15) is 14.9 Å². The summed E-state index contributed by atoms with van der Waals surface area (Å²) in [7, 11) is 0. The summed E-state index contributed by atoms with van der Waals surface area (Å²) in [6, 6.07) is 4.58. The number of esters is 1. The average molecular weight is 307 g/mol. The molecule has 0 aromatic heterocycles. The van der Waals surface area contributed by atoms with Crippen LogP contribution < -0.4 is 15.8 Å². The highest BCUT2D eigenvalue weighted by Gasteiger charge is 2.26. The van der Waals surface area contributed by atoms with Crippen molar-refractivity contribution in [2.45, 2.75) is 51.1 Å². The summed E-state index contributed by atoms with van der Waals surface area (Å²) in [5.41, 5.74) is 6.32. The molecule has 0 saturated heterocycles. The second-order valence-corrected chi connectivity index (χ2v) is 5.44. The number of nitrogens with one attached hydrogen (secondary N) is 1. The zero-order chi connectivity index (χ0) is 16.1. The number of benzene rings is 1. The molecular weight excluding hydrogens is 286 g/mol. The van der Waals surface area contributed by atoms with Crippen molar-refractivity contribution >= 4 is 17.3 Å². The number of nitro benzene ring substituents is 1. The van der Waals surface area contributed by atoms with E-state index in [2.05, 4.69) is 5.32 Å². The highest BCUT2D eigenvalue weighted by molar-refractivity contribution is 5.78. The number of nitrogens with zero attached hydrogens (tertiary/aromatic N) is 1. The molecule has 2 atom stereocenters. The SMILES string of the molecule is CCC(=O)Oc1c(NC2CCCCC2N)cccc1[N+](=O)[O-]. The molecule has 2 rings (SSSR count). The van der Waals surface area contributed by atoms with Gasteiger partial charge in [-0.05, 0) is 18.9 Å². The standard InChI is InChI=1S/C15H21N3O4/c1-2-14(19)22-15-12(8-5-9-13(15)18(20)21)17-11-7-4-3-6-10(11)16/h5,8-11,17H,2-4,6-7,16H2,1H3. The van der Waals surface area contributed by atoms with Crippen LogP contribution in [0.15, 0.2) is 18.2 Å². The number of nitrogens with two attached hydrogens (primary N) is 1. The molecule has 7 heteroatoms. The number of rotatable bonds is 5. The smallest absolute Gasteiger partial charge is 0.313 e. The lowest BCUT2D eigenvalue weighted by Crippen LogP contribution is -2.42. The maximum Gasteiger partial charge on any atom is 0.313 e. The summed E-state index contributed by atoms with van der Waals surface area (Å²) in [5, 5.41) is 14.4. The van der Waals surface area contributed by atoms with Gasteiger partial charge in [0.25, 0.3) is 0 Å². The van der Waals surface area contributed by atoms with Crippen LogP contribution in [0.1, 0.15) is 39.0 Å². The normalized spacial score (nSPS) is 21.2. The van der Waals surface area contributed by atoms with Gasteiger partial charge in [0.05, 0.1) is 10.6 Å². The maximum atomic E-state index is 11.6. The van der Waals surface area contributed by atoms with E-state index in [0.29, 0.717) is 5.69 Å². The maximum absolute atomic E-state index is 11.6. The molecule has 0 amide bonds. The molecule has 0 bridgehead atoms. The third kappa shape index (κ3) is 3.73. The lowest BCUT2D eigenvalue weighted by Gasteiger charge is -2.30. The van der Waals surface area contributed by atoms with Crippen molar-refractivity contribution in [2.75, 3.05) is 5.32 Å². The molecule has 0 heterocycles. The van der Waals surface area contributed by atoms with Crippen molar-refractivity contribution in [1.29, 1.82) is 0 Å². The van der Waals surface area contributed by atoms with Gasteiger partial charge in [-0.25, -0.2) is 0 Å². The van der Waals surface area contributed by atoms with E-state index >= 15 is 0 Å². The van der Waals surface area contributed by atoms with Crippen LogP contribution in [0.5, 0.6) is 5.75 Å². The third-order valence-corrected chi connectivity index (χ3v) is 3.86. The quantitative estimate of drug-likeness (QED) is 0.375. The number of para-hydroxylation sites is 1. The van der Waals surface area contributed by atoms with E-state index in [0.717, 1.165) is 25.7 Å². The van der Waals surface area contributed by atoms with E-state index in [-0.39, 0.29) is 29.9 Å². The average Bonchev–Trinajstić information content (AvgIpc) is 2.50. The van der Waals surface area contributed by atoms with Gasteiger partial charge in [-0.15, -0.1) is 0 Å². The zero-order valence-electron chi connectivity index (χ0n) is 12.6. The summed E-state index contributed by atoms with van der Waals surface area (Å²) in [6.07, 6.45) is 4.10. The Labute approximate surface area is 129 Å². The number of hydrogen-bond acceptors (Lipinski definition) is 6. The van der Waals surface area contributed by atoms with Gasteiger partial charge in [-0.2, -0.15) is 0 Å². The largest absolute Gasteiger partial charge is 0.417 e. The highest BCUT2D eigenvalue weighted by atomic mass is 16.6. The second kappa shape index (κ2) is 7.22. The topological polar surface area (TPSA) is 107 Å². The Balaban J connectivity index is 2.30. The van der Waals surface area contributed by atoms with Crippen molar-refractivity contribution in [2.24, 2.45) is 5.73 Å². The molecule has 0 spiro atoms. The van der Waals surface area contributed by atoms with Gasteiger partial charge in [-0.3, -0.25) is 14.9 Å². The fraction of sp³-hybridized carbons (Fsp3) is 0.533. The number of hydrogen-bond donors (Lipinski definition) is 2. The molecule has 7 nitrogen and oxygen atoms in total. The van der Waals surface area contributed by atoms with Crippen LogP contribution in [-0.4, -0.2) is 23.0 Å². The number of carbonyl (C=O) groups excluding carboxylic acids is 1. The number of carbonyl (C=O) groups is 1. The molecule has 22 heavy (non-hydrogen) atoms. The monoisotopic (exact) mass is 307 g/mol. The molecule has 1 saturated carbocycles. The van der Waals surface area contributed by atoms with Gasteiger partial charge < -0.3 is 15.8 Å². The molecule has 1 aliphatic carbocycles. The summed E-state index contributed by atoms with van der Waals surface area (Å²) < 4.78 is 5.18. The van der Waals surface area contributed by atoms with Crippen molar-refractivity contribution < 1.29 is 14.5 Å². The lowest BCUT2D eigenvalue weighted by atomic mass is 9.91. The molecule has 1 aromatic rings. The van der Waals surface area contributed by atoms with E-state index in [4.69, 9.17) is 10.5 Å². The van der Waals surface area contributed by atoms with Gasteiger partial charge in [0.2, 0.25) is 5.75 Å². The molecule has 2 unspecified atom stereocenters. The first-order chi connectivity index (χ1) is 10.5. The summed E-state index contributed by atoms with van der Waals surface area (Å²) >= 11 is 0. The van der Waals surface area contributed by atoms with Crippen molar-refractivity contribution in [3.63, 3.8) is 0 Å². The summed E-state index contributed by atoms with van der Waals surface area (Å²) in [5.74, 6) is -0.539. The molecule has 1 aliphatic rings. The first-order valence-corrected chi connectivity index (χ1v) is 7.53. The molecule has 3 N–H and O–H groups in total. The Morgan fingerprint density at radius 2 is 2.18 bits per heavy atom. The summed E-state index contributed by atoms with van der Waals surface area (Å²) in [4.78, 5) is 22.2. The van der Waals surface area contributed by atoms with Gasteiger partial charge in [-0.1, -0.05) is 25.8 Å². The Bertz CT molecular complexity index is 562. The van der Waals surface area contributed by atoms with Crippen LogP contribution in [0.2, 0.25) is 0 Å². The Morgan fingerprint density at radius 3 is 2.82 bits per heavy atom. The van der Waals surface area contributed by atoms with Crippen LogP contribution in [0.25, 0.3) is 0 Å². The van der Waals surface area contributed by atoms with Crippen molar-refractivity contribution in [3.8, 4) is 5.75 Å². The van der Waals surface area contributed by atoms with E-state index in [1.54, 1.807) is 19.1 Å². The Hall–Kier alpha value is -2.15. The minimum absolute atomic E-state index is 0.0114. The molecular formula is C15H21N3O4. The van der Waals surface area contributed by atoms with Gasteiger partial charge in [0, 0.05) is 24.6 Å². The van der Waals surface area contributed by atoms with Crippen LogP contribution >= 0.6 is 0 Å². The van der Waals surface area contributed by atoms with E-state index < -0.39 is 10.9 Å². The van der Waals surface area contributed by atoms with Crippen LogP contribution in [-0.2, 0) is 4.79 Å². The van der Waals surface area contributed by atoms with Crippen LogP contribution in [0, 0.1) is 10.1 Å². The molecule has 120 valence electrons. The Kier molecular flexibility index (Phi) is 5.32. The third-order valence-electron chi connectivity index (χ3n) is 3.86. The lowest BCUT2D eigenvalue weighted by molar-refractivity contribution is -0.385. The van der Waals surface area contributed by atoms with E-state index in [1.807, 2.05) is 0 Å². The fourth-order valence-electron chi connectivity index (χ4n) is 2.61. The Morgan fingerprint density at radius 1 is 1.45 bits per heavy atom. The predicted octanol–water partition coefficient (Wildman–Crippen LogP) is 2.59. The van der Waals surface area contributed by atoms with Gasteiger partial charge in [0.1, 0.15) is 0 Å². The number of anilines is 1. The summed E-state index contributed by atoms with van der Waals surface area (Å²) in [6.45, 7) is 1.64. The van der Waals surface area contributed by atoms with Gasteiger partial charge in [0.15, 0.2) is 0 Å². The second-order valence-electron chi connectivity index (χ2n) is 5.44. The molecule has 1 fully saturated rings. The van der Waals surface area contributed by atoms with Crippen LogP contribution in [0.3, 0.4) is 0 Å². The predicted molar refractivity (Wildman–Crippen MR) is 82.9 cm³/mol. The van der Waals surface area contributed by atoms with E-state index in [1.165, 1.54) is 6.07 Å².